The third-order valence-electron chi connectivity index (χ3n) is 3.34. The highest BCUT2D eigenvalue weighted by Crippen LogP contribution is 2.40. The summed E-state index contributed by atoms with van der Waals surface area (Å²) in [5, 5.41) is 1.12. The minimum Gasteiger partial charge on any atom is -0.360 e. The van der Waals surface area contributed by atoms with Crippen LogP contribution in [0.1, 0.15) is 36.2 Å². The van der Waals surface area contributed by atoms with Crippen LogP contribution < -0.4 is 0 Å². The second-order valence-corrected chi connectivity index (χ2v) is 4.91. The summed E-state index contributed by atoms with van der Waals surface area (Å²) in [5.41, 5.74) is 3.19. The summed E-state index contributed by atoms with van der Waals surface area (Å²) in [4.78, 5) is 15.1. The Labute approximate surface area is 88.3 Å². The van der Waals surface area contributed by atoms with Crippen LogP contribution in [0.15, 0.2) is 24.4 Å². The van der Waals surface area contributed by atoms with Crippen LogP contribution in [0.4, 0.5) is 0 Å². The van der Waals surface area contributed by atoms with Crippen LogP contribution in [0.2, 0.25) is 0 Å². The molecule has 1 aromatic heterocycles. The van der Waals surface area contributed by atoms with Crippen LogP contribution in [0, 0.1) is 0 Å². The Morgan fingerprint density at radius 3 is 2.93 bits per heavy atom. The van der Waals surface area contributed by atoms with Crippen molar-refractivity contribution in [2.24, 2.45) is 0 Å². The summed E-state index contributed by atoms with van der Waals surface area (Å²) in [6.45, 7) is 4.27. The van der Waals surface area contributed by atoms with Gasteiger partial charge in [-0.15, -0.1) is 0 Å². The third-order valence-corrected chi connectivity index (χ3v) is 3.34. The first-order chi connectivity index (χ1) is 7.09. The van der Waals surface area contributed by atoms with Gasteiger partial charge in [0.1, 0.15) is 0 Å². The number of hydrogen-bond donors (Lipinski definition) is 1. The van der Waals surface area contributed by atoms with E-state index in [1.165, 1.54) is 5.56 Å². The average molecular weight is 199 g/mol. The van der Waals surface area contributed by atoms with Crippen molar-refractivity contribution in [3.8, 4) is 0 Å². The molecule has 0 bridgehead atoms. The molecule has 76 valence electrons. The molecule has 15 heavy (non-hydrogen) atoms. The number of hydrogen-bond acceptors (Lipinski definition) is 1. The zero-order valence-electron chi connectivity index (χ0n) is 8.92. The van der Waals surface area contributed by atoms with Gasteiger partial charge in [-0.05, 0) is 17.0 Å². The van der Waals surface area contributed by atoms with Crippen molar-refractivity contribution in [3.63, 3.8) is 0 Å². The number of benzene rings is 1. The Balaban J connectivity index is 2.50. The molecule has 2 heteroatoms. The van der Waals surface area contributed by atoms with Crippen LogP contribution in [-0.4, -0.2) is 10.8 Å². The molecule has 0 fully saturated rings. The highest BCUT2D eigenvalue weighted by molar-refractivity contribution is 6.11. The number of aromatic nitrogens is 1. The van der Waals surface area contributed by atoms with Gasteiger partial charge in [-0.3, -0.25) is 4.79 Å². The van der Waals surface area contributed by atoms with Gasteiger partial charge in [0.15, 0.2) is 5.78 Å². The largest absolute Gasteiger partial charge is 0.360 e. The van der Waals surface area contributed by atoms with Crippen molar-refractivity contribution >= 4 is 16.7 Å². The first-order valence-corrected chi connectivity index (χ1v) is 5.23. The van der Waals surface area contributed by atoms with Crippen molar-refractivity contribution in [2.45, 2.75) is 25.7 Å². The zero-order valence-corrected chi connectivity index (χ0v) is 8.92. The lowest BCUT2D eigenvalue weighted by molar-refractivity contribution is 0.0955. The number of carbonyl (C=O) groups excluding carboxylic acids is 1. The summed E-state index contributed by atoms with van der Waals surface area (Å²) in [5.74, 6) is 0.255. The Morgan fingerprint density at radius 1 is 1.33 bits per heavy atom. The Morgan fingerprint density at radius 2 is 2.13 bits per heavy atom. The average Bonchev–Trinajstić information content (AvgIpc) is 2.58. The van der Waals surface area contributed by atoms with E-state index in [4.69, 9.17) is 0 Å². The fourth-order valence-corrected chi connectivity index (χ4v) is 2.56. The van der Waals surface area contributed by atoms with E-state index in [-0.39, 0.29) is 11.2 Å². The predicted molar refractivity (Wildman–Crippen MR) is 60.3 cm³/mol. The van der Waals surface area contributed by atoms with E-state index in [0.717, 1.165) is 16.5 Å². The van der Waals surface area contributed by atoms with E-state index in [1.54, 1.807) is 0 Å². The van der Waals surface area contributed by atoms with Gasteiger partial charge < -0.3 is 4.98 Å². The number of ketones is 1. The van der Waals surface area contributed by atoms with E-state index in [1.807, 2.05) is 12.3 Å². The Bertz CT molecular complexity index is 563. The van der Waals surface area contributed by atoms with E-state index in [0.29, 0.717) is 6.42 Å². The molecule has 1 heterocycles. The summed E-state index contributed by atoms with van der Waals surface area (Å²) in [6, 6.07) is 6.21. The number of nitrogens with one attached hydrogen (secondary N) is 1. The molecule has 1 aromatic carbocycles. The first kappa shape index (κ1) is 8.72. The number of H-pyrrole nitrogens is 1. The molecule has 2 nitrogen and oxygen atoms in total. The topological polar surface area (TPSA) is 32.9 Å². The van der Waals surface area contributed by atoms with Gasteiger partial charge in [-0.2, -0.15) is 0 Å². The van der Waals surface area contributed by atoms with Crippen molar-refractivity contribution in [3.05, 3.63) is 35.5 Å². The van der Waals surface area contributed by atoms with Crippen molar-refractivity contribution in [1.29, 1.82) is 0 Å². The van der Waals surface area contributed by atoms with E-state index in [2.05, 4.69) is 31.0 Å². The molecule has 0 saturated heterocycles. The maximum absolute atomic E-state index is 11.9. The minimum absolute atomic E-state index is 0.0359. The number of carbonyl (C=O) groups is 1. The molecule has 1 aliphatic carbocycles. The van der Waals surface area contributed by atoms with Crippen molar-refractivity contribution in [2.75, 3.05) is 0 Å². The quantitative estimate of drug-likeness (QED) is 0.695. The molecule has 0 atom stereocenters. The monoisotopic (exact) mass is 199 g/mol. The highest BCUT2D eigenvalue weighted by Gasteiger charge is 2.33. The molecule has 0 unspecified atom stereocenters. The van der Waals surface area contributed by atoms with Gasteiger partial charge in [0.25, 0.3) is 0 Å². The molecule has 0 aliphatic heterocycles. The number of rotatable bonds is 0. The van der Waals surface area contributed by atoms with Gasteiger partial charge >= 0.3 is 0 Å². The van der Waals surface area contributed by atoms with Crippen molar-refractivity contribution < 1.29 is 4.79 Å². The Hall–Kier alpha value is -1.57. The Kier molecular flexibility index (Phi) is 1.46. The molecule has 1 aliphatic rings. The van der Waals surface area contributed by atoms with E-state index in [9.17, 15) is 4.79 Å². The summed E-state index contributed by atoms with van der Waals surface area (Å²) in [7, 11) is 0. The molecule has 0 saturated carbocycles. The van der Waals surface area contributed by atoms with E-state index < -0.39 is 0 Å². The summed E-state index contributed by atoms with van der Waals surface area (Å²) < 4.78 is 0. The predicted octanol–water partition coefficient (Wildman–Crippen LogP) is 3.03. The molecule has 3 rings (SSSR count). The summed E-state index contributed by atoms with van der Waals surface area (Å²) >= 11 is 0. The van der Waals surface area contributed by atoms with E-state index >= 15 is 0 Å². The van der Waals surface area contributed by atoms with Gasteiger partial charge in [0.05, 0.1) is 0 Å². The fourth-order valence-electron chi connectivity index (χ4n) is 2.56. The standard InChI is InChI=1S/C13H13NO/c1-13(2)6-11(15)8-7-14-10-5-3-4-9(13)12(8)10/h3-5,7,14H,6H2,1-2H3. The molecule has 0 amide bonds. The van der Waals surface area contributed by atoms with Gasteiger partial charge in [0.2, 0.25) is 0 Å². The van der Waals surface area contributed by atoms with Crippen LogP contribution in [-0.2, 0) is 5.41 Å². The lowest BCUT2D eigenvalue weighted by Gasteiger charge is -2.29. The summed E-state index contributed by atoms with van der Waals surface area (Å²) in [6.07, 6.45) is 2.45. The molecule has 2 aromatic rings. The maximum atomic E-state index is 11.9. The van der Waals surface area contributed by atoms with Crippen LogP contribution in [0.3, 0.4) is 0 Å². The third kappa shape index (κ3) is 1.02. The number of Topliss-reactive ketones (excluding diaryl/α,β-unsaturated/α-hetero) is 1. The smallest absolute Gasteiger partial charge is 0.165 e. The second kappa shape index (κ2) is 2.51. The molecule has 1 N–H and O–H groups in total. The maximum Gasteiger partial charge on any atom is 0.165 e. The highest BCUT2D eigenvalue weighted by atomic mass is 16.1. The van der Waals surface area contributed by atoms with Crippen molar-refractivity contribution in [1.82, 2.24) is 4.98 Å². The van der Waals surface area contributed by atoms with Crippen LogP contribution in [0.5, 0.6) is 0 Å². The normalized spacial score (nSPS) is 18.4. The number of aromatic amines is 1. The SMILES string of the molecule is CC1(C)CC(=O)c2c[nH]c3cccc1c23. The lowest BCUT2D eigenvalue weighted by atomic mass is 9.73. The lowest BCUT2D eigenvalue weighted by Crippen LogP contribution is -2.26. The fraction of sp³-hybridized carbons (Fsp3) is 0.308. The van der Waals surface area contributed by atoms with Crippen LogP contribution >= 0.6 is 0 Å². The molecule has 0 radical (unpaired) electrons. The molecular weight excluding hydrogens is 186 g/mol. The van der Waals surface area contributed by atoms with Gasteiger partial charge in [-0.25, -0.2) is 0 Å². The van der Waals surface area contributed by atoms with Gasteiger partial charge in [0, 0.05) is 29.1 Å². The minimum atomic E-state index is -0.0359. The molecule has 0 spiro atoms. The zero-order chi connectivity index (χ0) is 10.6. The molecular formula is C13H13NO. The van der Waals surface area contributed by atoms with Crippen LogP contribution in [0.25, 0.3) is 10.9 Å². The second-order valence-electron chi connectivity index (χ2n) is 4.91. The van der Waals surface area contributed by atoms with Gasteiger partial charge in [-0.1, -0.05) is 26.0 Å². The first-order valence-electron chi connectivity index (χ1n) is 5.23.